The Labute approximate surface area is 164 Å². The Kier molecular flexibility index (Phi) is 4.38. The van der Waals surface area contributed by atoms with Crippen LogP contribution in [0.2, 0.25) is 0 Å². The number of amides is 1. The lowest BCUT2D eigenvalue weighted by atomic mass is 9.93. The normalized spacial score (nSPS) is 18.2. The molecule has 7 nitrogen and oxygen atoms in total. The van der Waals surface area contributed by atoms with Crippen LogP contribution >= 0.6 is 0 Å². The second-order valence-corrected chi connectivity index (χ2v) is 9.30. The van der Waals surface area contributed by atoms with Gasteiger partial charge in [-0.1, -0.05) is 12.1 Å². The molecule has 0 saturated carbocycles. The Morgan fingerprint density at radius 3 is 2.39 bits per heavy atom. The minimum absolute atomic E-state index is 0.108. The van der Waals surface area contributed by atoms with Crippen molar-refractivity contribution in [3.8, 4) is 0 Å². The smallest absolute Gasteiger partial charge is 0.253 e. The topological polar surface area (TPSA) is 105 Å². The largest absolute Gasteiger partial charge is 0.383 e. The molecule has 0 radical (unpaired) electrons. The van der Waals surface area contributed by atoms with Crippen molar-refractivity contribution in [2.45, 2.75) is 23.4 Å². The van der Waals surface area contributed by atoms with Crippen molar-refractivity contribution in [2.75, 3.05) is 24.7 Å². The van der Waals surface area contributed by atoms with E-state index in [1.165, 1.54) is 12.1 Å². The molecule has 8 heteroatoms. The monoisotopic (exact) mass is 398 g/mol. The SMILES string of the molecule is CS(=O)(=O)c1ccc(C(=O)N2CCC3(CC2)N=C(N)c2ccccc2N3)cc1. The molecule has 1 fully saturated rings. The molecule has 0 aromatic heterocycles. The first-order valence-corrected chi connectivity index (χ1v) is 11.0. The molecule has 1 saturated heterocycles. The third kappa shape index (κ3) is 3.35. The number of piperidine rings is 1. The first-order chi connectivity index (χ1) is 13.3. The number of sulfone groups is 1. The van der Waals surface area contributed by atoms with E-state index in [0.29, 0.717) is 37.3 Å². The van der Waals surface area contributed by atoms with E-state index < -0.39 is 15.5 Å². The molecule has 2 heterocycles. The summed E-state index contributed by atoms with van der Waals surface area (Å²) in [4.78, 5) is 19.5. The lowest BCUT2D eigenvalue weighted by molar-refractivity contribution is 0.0685. The van der Waals surface area contributed by atoms with Gasteiger partial charge in [0.15, 0.2) is 9.84 Å². The Bertz CT molecular complexity index is 1050. The average Bonchev–Trinajstić information content (AvgIpc) is 2.67. The van der Waals surface area contributed by atoms with E-state index in [4.69, 9.17) is 10.7 Å². The summed E-state index contributed by atoms with van der Waals surface area (Å²) in [5.41, 5.74) is 8.02. The summed E-state index contributed by atoms with van der Waals surface area (Å²) >= 11 is 0. The third-order valence-corrected chi connectivity index (χ3v) is 6.44. The lowest BCUT2D eigenvalue weighted by Gasteiger charge is -2.42. The highest BCUT2D eigenvalue weighted by Gasteiger charge is 2.38. The zero-order valence-electron chi connectivity index (χ0n) is 15.6. The number of amidine groups is 1. The molecule has 0 aliphatic carbocycles. The summed E-state index contributed by atoms with van der Waals surface area (Å²) in [7, 11) is -3.28. The van der Waals surface area contributed by atoms with Crippen LogP contribution < -0.4 is 11.1 Å². The number of nitrogens with two attached hydrogens (primary N) is 1. The molecule has 146 valence electrons. The van der Waals surface area contributed by atoms with Crippen LogP contribution in [0.15, 0.2) is 58.4 Å². The van der Waals surface area contributed by atoms with Gasteiger partial charge in [0, 0.05) is 49.0 Å². The van der Waals surface area contributed by atoms with Crippen molar-refractivity contribution in [2.24, 2.45) is 10.7 Å². The van der Waals surface area contributed by atoms with Gasteiger partial charge in [0.1, 0.15) is 11.5 Å². The van der Waals surface area contributed by atoms with Gasteiger partial charge < -0.3 is 16.0 Å². The number of anilines is 1. The predicted molar refractivity (Wildman–Crippen MR) is 108 cm³/mol. The van der Waals surface area contributed by atoms with Crippen molar-refractivity contribution < 1.29 is 13.2 Å². The Morgan fingerprint density at radius 2 is 1.75 bits per heavy atom. The van der Waals surface area contributed by atoms with Gasteiger partial charge in [-0.25, -0.2) is 13.4 Å². The first-order valence-electron chi connectivity index (χ1n) is 9.10. The van der Waals surface area contributed by atoms with Crippen molar-refractivity contribution in [1.29, 1.82) is 0 Å². The molecular formula is C20H22N4O3S. The van der Waals surface area contributed by atoms with Crippen LogP contribution in [0.3, 0.4) is 0 Å². The maximum Gasteiger partial charge on any atom is 0.253 e. The van der Waals surface area contributed by atoms with E-state index in [2.05, 4.69) is 5.32 Å². The number of fused-ring (bicyclic) bond motifs is 1. The molecular weight excluding hydrogens is 376 g/mol. The van der Waals surface area contributed by atoms with Crippen LogP contribution in [-0.2, 0) is 9.84 Å². The number of rotatable bonds is 2. The van der Waals surface area contributed by atoms with E-state index in [9.17, 15) is 13.2 Å². The number of aliphatic imine (C=N–C) groups is 1. The van der Waals surface area contributed by atoms with Gasteiger partial charge in [-0.15, -0.1) is 0 Å². The fraction of sp³-hybridized carbons (Fsp3) is 0.300. The number of carbonyl (C=O) groups excluding carboxylic acids is 1. The van der Waals surface area contributed by atoms with Gasteiger partial charge >= 0.3 is 0 Å². The fourth-order valence-electron chi connectivity index (χ4n) is 3.73. The summed E-state index contributed by atoms with van der Waals surface area (Å²) < 4.78 is 23.2. The first kappa shape index (κ1) is 18.5. The molecule has 4 rings (SSSR count). The second-order valence-electron chi connectivity index (χ2n) is 7.29. The Hall–Kier alpha value is -2.87. The molecule has 0 bridgehead atoms. The Morgan fingerprint density at radius 1 is 1.11 bits per heavy atom. The van der Waals surface area contributed by atoms with Gasteiger partial charge in [0.2, 0.25) is 0 Å². The highest BCUT2D eigenvalue weighted by molar-refractivity contribution is 7.90. The number of para-hydroxylation sites is 1. The molecule has 2 aliphatic heterocycles. The summed E-state index contributed by atoms with van der Waals surface area (Å²) in [6, 6.07) is 13.9. The quantitative estimate of drug-likeness (QED) is 0.803. The molecule has 2 aromatic carbocycles. The van der Waals surface area contributed by atoms with Crippen molar-refractivity contribution in [3.63, 3.8) is 0 Å². The number of nitrogens with zero attached hydrogens (tertiary/aromatic N) is 2. The van der Waals surface area contributed by atoms with Gasteiger partial charge in [0.25, 0.3) is 5.91 Å². The maximum absolute atomic E-state index is 12.8. The minimum Gasteiger partial charge on any atom is -0.383 e. The highest BCUT2D eigenvalue weighted by Crippen LogP contribution is 2.34. The van der Waals surface area contributed by atoms with E-state index >= 15 is 0 Å². The van der Waals surface area contributed by atoms with Crippen LogP contribution in [0.5, 0.6) is 0 Å². The van der Waals surface area contributed by atoms with Gasteiger partial charge in [-0.2, -0.15) is 0 Å². The third-order valence-electron chi connectivity index (χ3n) is 5.31. The average molecular weight is 398 g/mol. The maximum atomic E-state index is 12.8. The second kappa shape index (κ2) is 6.63. The molecule has 1 amide bonds. The van der Waals surface area contributed by atoms with Crippen molar-refractivity contribution in [1.82, 2.24) is 4.90 Å². The van der Waals surface area contributed by atoms with Gasteiger partial charge in [0.05, 0.1) is 4.90 Å². The lowest BCUT2D eigenvalue weighted by Crippen LogP contribution is -2.52. The molecule has 3 N–H and O–H groups in total. The summed E-state index contributed by atoms with van der Waals surface area (Å²) in [6.07, 6.45) is 2.44. The molecule has 0 unspecified atom stereocenters. The standard InChI is InChI=1S/C20H22N4O3S/c1-28(26,27)15-8-6-14(7-9-15)19(25)24-12-10-20(11-13-24)22-17-5-3-2-4-16(17)18(21)23-20/h2-9,22H,10-13H2,1H3,(H2,21,23). The number of nitrogens with one attached hydrogen (secondary N) is 1. The summed E-state index contributed by atoms with van der Waals surface area (Å²) in [5, 5.41) is 3.49. The van der Waals surface area contributed by atoms with Crippen LogP contribution in [0.4, 0.5) is 5.69 Å². The van der Waals surface area contributed by atoms with Gasteiger partial charge in [-0.05, 0) is 36.4 Å². The van der Waals surface area contributed by atoms with Gasteiger partial charge in [-0.3, -0.25) is 4.79 Å². The van der Waals surface area contributed by atoms with E-state index in [1.54, 1.807) is 17.0 Å². The summed E-state index contributed by atoms with van der Waals surface area (Å²) in [6.45, 7) is 1.08. The van der Waals surface area contributed by atoms with E-state index in [1.807, 2.05) is 24.3 Å². The number of hydrogen-bond acceptors (Lipinski definition) is 6. The molecule has 2 aromatic rings. The number of likely N-dealkylation sites (tertiary alicyclic amines) is 1. The van der Waals surface area contributed by atoms with Crippen LogP contribution in [-0.4, -0.2) is 50.1 Å². The molecule has 0 atom stereocenters. The zero-order chi connectivity index (χ0) is 19.9. The molecule has 1 spiro atoms. The van der Waals surface area contributed by atoms with E-state index in [-0.39, 0.29) is 10.8 Å². The number of benzene rings is 2. The van der Waals surface area contributed by atoms with Crippen LogP contribution in [0.25, 0.3) is 0 Å². The van der Waals surface area contributed by atoms with E-state index in [0.717, 1.165) is 17.5 Å². The number of carbonyl (C=O) groups is 1. The fourth-order valence-corrected chi connectivity index (χ4v) is 4.36. The summed E-state index contributed by atoms with van der Waals surface area (Å²) in [5.74, 6) is 0.411. The number of hydrogen-bond donors (Lipinski definition) is 2. The zero-order valence-corrected chi connectivity index (χ0v) is 16.4. The highest BCUT2D eigenvalue weighted by atomic mass is 32.2. The van der Waals surface area contributed by atoms with Crippen LogP contribution in [0, 0.1) is 0 Å². The predicted octanol–water partition coefficient (Wildman–Crippen LogP) is 1.85. The van der Waals surface area contributed by atoms with Crippen molar-refractivity contribution in [3.05, 3.63) is 59.7 Å². The van der Waals surface area contributed by atoms with Crippen LogP contribution in [0.1, 0.15) is 28.8 Å². The minimum atomic E-state index is -3.28. The van der Waals surface area contributed by atoms with Crippen molar-refractivity contribution >= 4 is 27.3 Å². The molecule has 28 heavy (non-hydrogen) atoms. The Balaban J connectivity index is 1.47. The molecule has 2 aliphatic rings.